The number of ether oxygens (including phenoxy) is 1. The fourth-order valence-corrected chi connectivity index (χ4v) is 3.21. The fourth-order valence-electron chi connectivity index (χ4n) is 2.47. The van der Waals surface area contributed by atoms with Crippen molar-refractivity contribution < 1.29 is 9.66 Å². The van der Waals surface area contributed by atoms with E-state index in [4.69, 9.17) is 4.74 Å². The number of nitro benzene ring substituents is 1. The maximum atomic E-state index is 11.0. The van der Waals surface area contributed by atoms with Crippen LogP contribution in [0, 0.1) is 17.0 Å². The fraction of sp³-hybridized carbons (Fsp3) is 0.250. The monoisotopic (exact) mass is 344 g/mol. The molecular formula is C16H16N4O3S. The van der Waals surface area contributed by atoms with E-state index >= 15 is 0 Å². The minimum Gasteiger partial charge on any atom is -0.485 e. The van der Waals surface area contributed by atoms with E-state index in [0.717, 1.165) is 23.1 Å². The van der Waals surface area contributed by atoms with E-state index in [1.165, 1.54) is 23.5 Å². The smallest absolute Gasteiger partial charge is 0.270 e. The number of aromatic nitrogens is 3. The molecule has 7 nitrogen and oxygen atoms in total. The molecular weight excluding hydrogens is 328 g/mol. The first kappa shape index (κ1) is 16.1. The molecule has 0 saturated heterocycles. The van der Waals surface area contributed by atoms with Crippen molar-refractivity contribution in [2.24, 2.45) is 0 Å². The number of aryl methyl sites for hydroxylation is 1. The molecule has 0 amide bonds. The van der Waals surface area contributed by atoms with Crippen LogP contribution in [0.25, 0.3) is 10.4 Å². The molecule has 2 heterocycles. The van der Waals surface area contributed by atoms with Gasteiger partial charge in [-0.05, 0) is 31.4 Å². The van der Waals surface area contributed by atoms with Gasteiger partial charge in [-0.1, -0.05) is 6.07 Å². The van der Waals surface area contributed by atoms with E-state index in [1.54, 1.807) is 6.07 Å². The normalized spacial score (nSPS) is 10.8. The second kappa shape index (κ2) is 6.79. The third-order valence-corrected chi connectivity index (χ3v) is 4.55. The maximum Gasteiger partial charge on any atom is 0.270 e. The van der Waals surface area contributed by atoms with Crippen molar-refractivity contribution in [3.05, 3.63) is 57.5 Å². The molecule has 3 aromatic rings. The molecule has 0 aliphatic rings. The number of rotatable bonds is 6. The van der Waals surface area contributed by atoms with Gasteiger partial charge in [-0.3, -0.25) is 10.1 Å². The predicted molar refractivity (Wildman–Crippen MR) is 91.2 cm³/mol. The van der Waals surface area contributed by atoms with Gasteiger partial charge in [0.15, 0.2) is 5.82 Å². The quantitative estimate of drug-likeness (QED) is 0.501. The van der Waals surface area contributed by atoms with Crippen LogP contribution in [0.4, 0.5) is 5.69 Å². The Kier molecular flexibility index (Phi) is 4.57. The van der Waals surface area contributed by atoms with Crippen molar-refractivity contribution in [3.63, 3.8) is 0 Å². The second-order valence-corrected chi connectivity index (χ2v) is 6.06. The molecule has 0 bridgehead atoms. The van der Waals surface area contributed by atoms with E-state index in [9.17, 15) is 10.1 Å². The van der Waals surface area contributed by atoms with Gasteiger partial charge in [0, 0.05) is 29.1 Å². The van der Waals surface area contributed by atoms with E-state index in [0.29, 0.717) is 11.3 Å². The molecule has 0 aliphatic heterocycles. The third-order valence-electron chi connectivity index (χ3n) is 3.65. The van der Waals surface area contributed by atoms with Gasteiger partial charge in [-0.15, -0.1) is 21.5 Å². The van der Waals surface area contributed by atoms with Crippen molar-refractivity contribution in [1.29, 1.82) is 0 Å². The van der Waals surface area contributed by atoms with Crippen molar-refractivity contribution in [2.45, 2.75) is 27.0 Å². The summed E-state index contributed by atoms with van der Waals surface area (Å²) in [5.74, 6) is 2.15. The van der Waals surface area contributed by atoms with Gasteiger partial charge in [0.25, 0.3) is 5.69 Å². The standard InChI is InChI=1S/C16H16N4O3S/c1-3-19-11(2)17-18-16(19)10-23-14-7-6-12(20(21)22)9-13(14)15-5-4-8-24-15/h4-9H,3,10H2,1-2H3. The van der Waals surface area contributed by atoms with Crippen LogP contribution in [0.3, 0.4) is 0 Å². The summed E-state index contributed by atoms with van der Waals surface area (Å²) < 4.78 is 7.87. The highest BCUT2D eigenvalue weighted by molar-refractivity contribution is 7.13. The molecule has 24 heavy (non-hydrogen) atoms. The number of hydrogen-bond acceptors (Lipinski definition) is 6. The summed E-state index contributed by atoms with van der Waals surface area (Å²) in [7, 11) is 0. The average Bonchev–Trinajstić information content (AvgIpc) is 3.22. The molecule has 0 unspecified atom stereocenters. The first-order chi connectivity index (χ1) is 11.6. The molecule has 0 fully saturated rings. The highest BCUT2D eigenvalue weighted by Gasteiger charge is 2.15. The lowest BCUT2D eigenvalue weighted by atomic mass is 10.1. The highest BCUT2D eigenvalue weighted by atomic mass is 32.1. The summed E-state index contributed by atoms with van der Waals surface area (Å²) >= 11 is 1.51. The van der Waals surface area contributed by atoms with E-state index < -0.39 is 4.92 Å². The lowest BCUT2D eigenvalue weighted by Gasteiger charge is -2.11. The zero-order valence-corrected chi connectivity index (χ0v) is 14.1. The van der Waals surface area contributed by atoms with Crippen molar-refractivity contribution in [3.8, 4) is 16.2 Å². The highest BCUT2D eigenvalue weighted by Crippen LogP contribution is 2.36. The van der Waals surface area contributed by atoms with Gasteiger partial charge in [-0.2, -0.15) is 0 Å². The molecule has 0 aliphatic carbocycles. The number of benzene rings is 1. The Morgan fingerprint density at radius 1 is 1.33 bits per heavy atom. The Bertz CT molecular complexity index is 858. The Morgan fingerprint density at radius 2 is 2.17 bits per heavy atom. The summed E-state index contributed by atoms with van der Waals surface area (Å²) in [6, 6.07) is 8.43. The molecule has 3 rings (SSSR count). The van der Waals surface area contributed by atoms with Crippen LogP contribution < -0.4 is 4.74 Å². The van der Waals surface area contributed by atoms with Crippen molar-refractivity contribution in [1.82, 2.24) is 14.8 Å². The van der Waals surface area contributed by atoms with Gasteiger partial charge < -0.3 is 9.30 Å². The van der Waals surface area contributed by atoms with E-state index in [-0.39, 0.29) is 12.3 Å². The van der Waals surface area contributed by atoms with Gasteiger partial charge in [0.05, 0.1) is 4.92 Å². The Morgan fingerprint density at radius 3 is 2.83 bits per heavy atom. The largest absolute Gasteiger partial charge is 0.485 e. The van der Waals surface area contributed by atoms with Crippen molar-refractivity contribution in [2.75, 3.05) is 0 Å². The maximum absolute atomic E-state index is 11.0. The van der Waals surface area contributed by atoms with Crippen LogP contribution in [0.5, 0.6) is 5.75 Å². The van der Waals surface area contributed by atoms with Crippen LogP contribution >= 0.6 is 11.3 Å². The third kappa shape index (κ3) is 3.13. The SMILES string of the molecule is CCn1c(C)nnc1COc1ccc([N+](=O)[O-])cc1-c1cccs1. The van der Waals surface area contributed by atoms with Crippen LogP contribution in [0.1, 0.15) is 18.6 Å². The molecule has 2 aromatic heterocycles. The first-order valence-corrected chi connectivity index (χ1v) is 8.32. The number of thiophene rings is 1. The summed E-state index contributed by atoms with van der Waals surface area (Å²) in [5, 5.41) is 21.1. The molecule has 0 radical (unpaired) electrons. The van der Waals surface area contributed by atoms with Gasteiger partial charge in [-0.25, -0.2) is 0 Å². The summed E-state index contributed by atoms with van der Waals surface area (Å²) in [5.41, 5.74) is 0.747. The van der Waals surface area contributed by atoms with Crippen LogP contribution in [-0.4, -0.2) is 19.7 Å². The summed E-state index contributed by atoms with van der Waals surface area (Å²) in [6.07, 6.45) is 0. The van der Waals surface area contributed by atoms with Crippen LogP contribution in [0.2, 0.25) is 0 Å². The molecule has 0 N–H and O–H groups in total. The van der Waals surface area contributed by atoms with Crippen LogP contribution in [-0.2, 0) is 13.2 Å². The summed E-state index contributed by atoms with van der Waals surface area (Å²) in [6.45, 7) is 4.92. The van der Waals surface area contributed by atoms with E-state index in [1.807, 2.05) is 35.9 Å². The lowest BCUT2D eigenvalue weighted by Crippen LogP contribution is -2.07. The second-order valence-electron chi connectivity index (χ2n) is 5.11. The zero-order chi connectivity index (χ0) is 17.1. The molecule has 1 aromatic carbocycles. The van der Waals surface area contributed by atoms with Gasteiger partial charge in [0.1, 0.15) is 18.2 Å². The predicted octanol–water partition coefficient (Wildman–Crippen LogP) is 3.82. The number of hydrogen-bond donors (Lipinski definition) is 0. The lowest BCUT2D eigenvalue weighted by molar-refractivity contribution is -0.384. The topological polar surface area (TPSA) is 83.1 Å². The van der Waals surface area contributed by atoms with Crippen molar-refractivity contribution >= 4 is 17.0 Å². The molecule has 0 atom stereocenters. The minimum atomic E-state index is -0.405. The number of nitrogens with zero attached hydrogens (tertiary/aromatic N) is 4. The Hall–Kier alpha value is -2.74. The molecule has 8 heteroatoms. The van der Waals surface area contributed by atoms with Gasteiger partial charge >= 0.3 is 0 Å². The molecule has 0 spiro atoms. The zero-order valence-electron chi connectivity index (χ0n) is 13.3. The van der Waals surface area contributed by atoms with E-state index in [2.05, 4.69) is 10.2 Å². The Labute approximate surface area is 142 Å². The van der Waals surface area contributed by atoms with Crippen LogP contribution in [0.15, 0.2) is 35.7 Å². The minimum absolute atomic E-state index is 0.0401. The average molecular weight is 344 g/mol. The first-order valence-electron chi connectivity index (χ1n) is 7.44. The molecule has 0 saturated carbocycles. The Balaban J connectivity index is 1.91. The summed E-state index contributed by atoms with van der Waals surface area (Å²) in [4.78, 5) is 11.6. The molecule has 124 valence electrons. The van der Waals surface area contributed by atoms with Gasteiger partial charge in [0.2, 0.25) is 0 Å². The number of non-ortho nitro benzene ring substituents is 1. The number of nitro groups is 1.